The van der Waals surface area contributed by atoms with Crippen LogP contribution in [0.5, 0.6) is 5.75 Å². The predicted molar refractivity (Wildman–Crippen MR) is 62.9 cm³/mol. The molecule has 0 fully saturated rings. The minimum Gasteiger partial charge on any atom is -0.465 e. The van der Waals surface area contributed by atoms with Gasteiger partial charge in [-0.15, -0.1) is 0 Å². The summed E-state index contributed by atoms with van der Waals surface area (Å²) in [6.45, 7) is 6.51. The molecule has 2 nitrogen and oxygen atoms in total. The topological polar surface area (TPSA) is 18.5 Å². The Kier molecular flexibility index (Phi) is 4.91. The lowest BCUT2D eigenvalue weighted by atomic mass is 10.2. The third-order valence-corrected chi connectivity index (χ3v) is 1.92. The number of allylic oxidation sites excluding steroid dienone is 1. The lowest BCUT2D eigenvalue weighted by molar-refractivity contribution is -0.0613. The Balaban J connectivity index is 2.64. The summed E-state index contributed by atoms with van der Waals surface area (Å²) >= 11 is 0. The van der Waals surface area contributed by atoms with Gasteiger partial charge in [-0.05, 0) is 38.5 Å². The van der Waals surface area contributed by atoms with Gasteiger partial charge in [-0.3, -0.25) is 0 Å². The van der Waals surface area contributed by atoms with Gasteiger partial charge in [0.2, 0.25) is 0 Å². The molecule has 0 spiro atoms. The lowest BCUT2D eigenvalue weighted by Gasteiger charge is -2.14. The van der Waals surface area contributed by atoms with E-state index in [0.717, 1.165) is 11.3 Å². The molecule has 0 saturated carbocycles. The van der Waals surface area contributed by atoms with Crippen LogP contribution in [0.4, 0.5) is 0 Å². The van der Waals surface area contributed by atoms with Crippen LogP contribution < -0.4 is 4.74 Å². The average Bonchev–Trinajstić information content (AvgIpc) is 2.19. The summed E-state index contributed by atoms with van der Waals surface area (Å²) in [4.78, 5) is 0. The molecular formula is C13H18O2. The monoisotopic (exact) mass is 206 g/mol. The van der Waals surface area contributed by atoms with Crippen molar-refractivity contribution < 1.29 is 9.47 Å². The van der Waals surface area contributed by atoms with Gasteiger partial charge < -0.3 is 9.47 Å². The number of ether oxygens (including phenoxy) is 2. The van der Waals surface area contributed by atoms with Gasteiger partial charge in [0.1, 0.15) is 5.75 Å². The van der Waals surface area contributed by atoms with Crippen molar-refractivity contribution in [3.63, 3.8) is 0 Å². The number of hydrogen-bond donors (Lipinski definition) is 0. The summed E-state index contributed by atoms with van der Waals surface area (Å²) in [5.74, 6) is 0.839. The molecule has 15 heavy (non-hydrogen) atoms. The zero-order valence-corrected chi connectivity index (χ0v) is 9.57. The number of benzene rings is 1. The van der Waals surface area contributed by atoms with E-state index in [2.05, 4.69) is 0 Å². The maximum absolute atomic E-state index is 5.59. The minimum atomic E-state index is -0.198. The van der Waals surface area contributed by atoms with Crippen LogP contribution in [0.25, 0.3) is 6.08 Å². The molecule has 0 aliphatic rings. The van der Waals surface area contributed by atoms with E-state index in [1.54, 1.807) is 0 Å². The normalized spacial score (nSPS) is 13.0. The molecule has 1 unspecified atom stereocenters. The van der Waals surface area contributed by atoms with Crippen molar-refractivity contribution in [2.75, 3.05) is 6.61 Å². The smallest absolute Gasteiger partial charge is 0.196 e. The minimum absolute atomic E-state index is 0.198. The zero-order chi connectivity index (χ0) is 11.1. The van der Waals surface area contributed by atoms with Gasteiger partial charge in [-0.2, -0.15) is 0 Å². The fourth-order valence-corrected chi connectivity index (χ4v) is 1.34. The van der Waals surface area contributed by atoms with Crippen molar-refractivity contribution in [2.24, 2.45) is 0 Å². The third-order valence-electron chi connectivity index (χ3n) is 1.92. The van der Waals surface area contributed by atoms with E-state index in [-0.39, 0.29) is 6.29 Å². The maximum atomic E-state index is 5.59. The van der Waals surface area contributed by atoms with Crippen LogP contribution in [0.3, 0.4) is 0 Å². The van der Waals surface area contributed by atoms with Crippen molar-refractivity contribution in [2.45, 2.75) is 27.1 Å². The molecule has 1 rings (SSSR count). The van der Waals surface area contributed by atoms with E-state index in [1.165, 1.54) is 0 Å². The van der Waals surface area contributed by atoms with Crippen LogP contribution in [0, 0.1) is 0 Å². The number of rotatable bonds is 5. The highest BCUT2D eigenvalue weighted by molar-refractivity contribution is 5.51. The Morgan fingerprint density at radius 2 is 2.20 bits per heavy atom. The molecule has 1 aromatic rings. The molecule has 1 aromatic carbocycles. The highest BCUT2D eigenvalue weighted by atomic mass is 16.7. The number of hydrogen-bond acceptors (Lipinski definition) is 2. The molecule has 0 N–H and O–H groups in total. The van der Waals surface area contributed by atoms with E-state index < -0.39 is 0 Å². The van der Waals surface area contributed by atoms with Gasteiger partial charge in [-0.25, -0.2) is 0 Å². The van der Waals surface area contributed by atoms with Gasteiger partial charge in [-0.1, -0.05) is 24.3 Å². The van der Waals surface area contributed by atoms with Gasteiger partial charge in [0.05, 0.1) is 0 Å². The third kappa shape index (κ3) is 4.17. The van der Waals surface area contributed by atoms with Crippen LogP contribution in [-0.4, -0.2) is 12.9 Å². The molecule has 2 heteroatoms. The van der Waals surface area contributed by atoms with E-state index in [1.807, 2.05) is 57.2 Å². The maximum Gasteiger partial charge on any atom is 0.196 e. The van der Waals surface area contributed by atoms with Crippen LogP contribution in [0.2, 0.25) is 0 Å². The predicted octanol–water partition coefficient (Wildman–Crippen LogP) is 3.48. The molecule has 0 radical (unpaired) electrons. The summed E-state index contributed by atoms with van der Waals surface area (Å²) in [5, 5.41) is 0. The van der Waals surface area contributed by atoms with E-state index >= 15 is 0 Å². The fraction of sp³-hybridized carbons (Fsp3) is 0.385. The van der Waals surface area contributed by atoms with E-state index in [4.69, 9.17) is 9.47 Å². The van der Waals surface area contributed by atoms with Crippen molar-refractivity contribution in [1.29, 1.82) is 0 Å². The molecule has 0 aliphatic carbocycles. The zero-order valence-electron chi connectivity index (χ0n) is 9.57. The largest absolute Gasteiger partial charge is 0.465 e. The van der Waals surface area contributed by atoms with Crippen LogP contribution >= 0.6 is 0 Å². The molecule has 0 heterocycles. The van der Waals surface area contributed by atoms with Crippen LogP contribution in [-0.2, 0) is 4.74 Å². The van der Waals surface area contributed by atoms with E-state index in [9.17, 15) is 0 Å². The first-order valence-electron chi connectivity index (χ1n) is 5.27. The second-order valence-electron chi connectivity index (χ2n) is 3.21. The molecule has 0 aliphatic heterocycles. The highest BCUT2D eigenvalue weighted by Crippen LogP contribution is 2.16. The standard InChI is InChI=1S/C13H18O2/c1-4-7-12-8-6-9-13(10-12)15-11(3)14-5-2/h4,6-11H,5H2,1-3H3. The first-order chi connectivity index (χ1) is 7.26. The summed E-state index contributed by atoms with van der Waals surface area (Å²) in [7, 11) is 0. The highest BCUT2D eigenvalue weighted by Gasteiger charge is 2.02. The van der Waals surface area contributed by atoms with Gasteiger partial charge in [0.25, 0.3) is 0 Å². The lowest BCUT2D eigenvalue weighted by Crippen LogP contribution is -2.15. The molecule has 82 valence electrons. The van der Waals surface area contributed by atoms with Gasteiger partial charge in [0, 0.05) is 6.61 Å². The molecule has 0 aromatic heterocycles. The Morgan fingerprint density at radius 3 is 2.87 bits per heavy atom. The van der Waals surface area contributed by atoms with Crippen LogP contribution in [0.15, 0.2) is 30.3 Å². The Bertz CT molecular complexity index is 318. The SMILES string of the molecule is CC=Cc1cccc(OC(C)OCC)c1. The second kappa shape index (κ2) is 6.25. The summed E-state index contributed by atoms with van der Waals surface area (Å²) in [6, 6.07) is 7.94. The molecule has 0 bridgehead atoms. The molecule has 0 saturated heterocycles. The van der Waals surface area contributed by atoms with Gasteiger partial charge in [0.15, 0.2) is 6.29 Å². The summed E-state index contributed by atoms with van der Waals surface area (Å²) in [5.41, 5.74) is 1.14. The van der Waals surface area contributed by atoms with Crippen molar-refractivity contribution >= 4 is 6.08 Å². The Labute approximate surface area is 91.5 Å². The molecule has 1 atom stereocenters. The van der Waals surface area contributed by atoms with Crippen LogP contribution in [0.1, 0.15) is 26.3 Å². The van der Waals surface area contributed by atoms with Gasteiger partial charge >= 0.3 is 0 Å². The Morgan fingerprint density at radius 1 is 1.40 bits per heavy atom. The first kappa shape index (κ1) is 11.8. The van der Waals surface area contributed by atoms with Crippen molar-refractivity contribution in [1.82, 2.24) is 0 Å². The Hall–Kier alpha value is -1.28. The quantitative estimate of drug-likeness (QED) is 0.687. The second-order valence-corrected chi connectivity index (χ2v) is 3.21. The van der Waals surface area contributed by atoms with Crippen molar-refractivity contribution in [3.05, 3.63) is 35.9 Å². The summed E-state index contributed by atoms with van der Waals surface area (Å²) in [6.07, 6.45) is 3.85. The molecular weight excluding hydrogens is 188 g/mol. The first-order valence-corrected chi connectivity index (χ1v) is 5.27. The average molecular weight is 206 g/mol. The summed E-state index contributed by atoms with van der Waals surface area (Å²) < 4.78 is 10.9. The van der Waals surface area contributed by atoms with E-state index in [0.29, 0.717) is 6.61 Å². The van der Waals surface area contributed by atoms with Crippen molar-refractivity contribution in [3.8, 4) is 5.75 Å². The fourth-order valence-electron chi connectivity index (χ4n) is 1.34. The molecule has 0 amide bonds.